The summed E-state index contributed by atoms with van der Waals surface area (Å²) in [6, 6.07) is 21.2. The lowest BCUT2D eigenvalue weighted by Crippen LogP contribution is -2.40. The van der Waals surface area contributed by atoms with Gasteiger partial charge in [0, 0.05) is 11.8 Å². The molecule has 8 nitrogen and oxygen atoms in total. The molecule has 0 fully saturated rings. The average Bonchev–Trinajstić information content (AvgIpc) is 2.90. The Morgan fingerprint density at radius 2 is 1.58 bits per heavy atom. The van der Waals surface area contributed by atoms with Crippen LogP contribution in [0.5, 0.6) is 11.5 Å². The van der Waals surface area contributed by atoms with Crippen molar-refractivity contribution in [2.45, 2.75) is 44.4 Å². The molecule has 0 aromatic heterocycles. The lowest BCUT2D eigenvalue weighted by Gasteiger charge is -2.25. The molecule has 0 bridgehead atoms. The molecule has 3 rings (SSSR count). The van der Waals surface area contributed by atoms with E-state index in [-0.39, 0.29) is 16.0 Å². The van der Waals surface area contributed by atoms with Crippen molar-refractivity contribution >= 4 is 27.3 Å². The van der Waals surface area contributed by atoms with Gasteiger partial charge in [-0.15, -0.1) is 0 Å². The largest absolute Gasteiger partial charge is 0.493 e. The second-order valence-electron chi connectivity index (χ2n) is 9.67. The molecule has 38 heavy (non-hydrogen) atoms. The highest BCUT2D eigenvalue weighted by Crippen LogP contribution is 2.34. The van der Waals surface area contributed by atoms with Gasteiger partial charge in [-0.2, -0.15) is 5.10 Å². The van der Waals surface area contributed by atoms with Crippen LogP contribution in [0.2, 0.25) is 0 Å². The molecule has 0 aliphatic heterocycles. The molecule has 3 aromatic rings. The lowest BCUT2D eigenvalue weighted by molar-refractivity contribution is -0.119. The zero-order chi connectivity index (χ0) is 27.9. The first-order chi connectivity index (χ1) is 18.0. The van der Waals surface area contributed by atoms with Crippen LogP contribution in [0, 0.1) is 6.92 Å². The first-order valence-electron chi connectivity index (χ1n) is 12.2. The summed E-state index contributed by atoms with van der Waals surface area (Å²) in [5.74, 6) is 0.202. The van der Waals surface area contributed by atoms with Crippen LogP contribution >= 0.6 is 0 Å². The van der Waals surface area contributed by atoms with Crippen molar-refractivity contribution < 1.29 is 22.7 Å². The van der Waals surface area contributed by atoms with Gasteiger partial charge in [-0.3, -0.25) is 9.10 Å². The van der Waals surface area contributed by atoms with Crippen LogP contribution in [0.25, 0.3) is 0 Å². The molecule has 0 atom stereocenters. The molecule has 0 saturated carbocycles. The number of benzene rings is 3. The van der Waals surface area contributed by atoms with Crippen LogP contribution in [-0.4, -0.2) is 40.8 Å². The summed E-state index contributed by atoms with van der Waals surface area (Å²) < 4.78 is 39.0. The summed E-state index contributed by atoms with van der Waals surface area (Å²) in [5, 5.41) is 4.26. The number of nitrogens with one attached hydrogen (secondary N) is 1. The van der Waals surface area contributed by atoms with Crippen LogP contribution in [-0.2, 0) is 20.2 Å². The fraction of sp³-hybridized carbons (Fsp3) is 0.310. The highest BCUT2D eigenvalue weighted by molar-refractivity contribution is 7.92. The van der Waals surface area contributed by atoms with Gasteiger partial charge in [0.1, 0.15) is 6.54 Å². The summed E-state index contributed by atoms with van der Waals surface area (Å²) in [6.45, 7) is 7.44. The van der Waals surface area contributed by atoms with E-state index >= 15 is 0 Å². The third-order valence-electron chi connectivity index (χ3n) is 6.18. The van der Waals surface area contributed by atoms with Crippen molar-refractivity contribution in [1.29, 1.82) is 0 Å². The topological polar surface area (TPSA) is 97.3 Å². The number of hydrogen-bond donors (Lipinski definition) is 1. The molecule has 202 valence electrons. The van der Waals surface area contributed by atoms with Crippen molar-refractivity contribution in [2.24, 2.45) is 5.10 Å². The van der Waals surface area contributed by atoms with Gasteiger partial charge in [-0.05, 0) is 55.5 Å². The smallest absolute Gasteiger partial charge is 0.264 e. The Labute approximate surface area is 225 Å². The van der Waals surface area contributed by atoms with Gasteiger partial charge in [0.2, 0.25) is 0 Å². The fourth-order valence-electron chi connectivity index (χ4n) is 4.13. The van der Waals surface area contributed by atoms with E-state index in [0.717, 1.165) is 15.4 Å². The number of ether oxygens (including phenoxy) is 2. The van der Waals surface area contributed by atoms with E-state index in [9.17, 15) is 13.2 Å². The third kappa shape index (κ3) is 6.92. The van der Waals surface area contributed by atoms with Gasteiger partial charge in [0.15, 0.2) is 11.5 Å². The molecule has 9 heteroatoms. The van der Waals surface area contributed by atoms with E-state index in [1.165, 1.54) is 32.4 Å². The van der Waals surface area contributed by atoms with Gasteiger partial charge in [0.05, 0.1) is 24.8 Å². The number of methoxy groups -OCH3 is 2. The van der Waals surface area contributed by atoms with E-state index in [0.29, 0.717) is 23.6 Å². The Morgan fingerprint density at radius 1 is 0.947 bits per heavy atom. The number of carbonyl (C=O) groups is 1. The lowest BCUT2D eigenvalue weighted by atomic mass is 9.80. The highest BCUT2D eigenvalue weighted by Gasteiger charge is 2.28. The SMILES string of the molecule is COc1ccc(N(CC(=O)N/N=C(\C)CC(C)(C)c2ccccc2)S(=O)(=O)c2ccc(C)cc2)cc1OC. The predicted octanol–water partition coefficient (Wildman–Crippen LogP) is 5.07. The summed E-state index contributed by atoms with van der Waals surface area (Å²) in [7, 11) is -1.14. The molecule has 0 spiro atoms. The first kappa shape index (κ1) is 28.7. The first-order valence-corrected chi connectivity index (χ1v) is 13.6. The monoisotopic (exact) mass is 537 g/mol. The minimum atomic E-state index is -4.09. The number of sulfonamides is 1. The van der Waals surface area contributed by atoms with Crippen molar-refractivity contribution in [2.75, 3.05) is 25.1 Å². The maximum absolute atomic E-state index is 13.7. The molecule has 1 N–H and O–H groups in total. The van der Waals surface area contributed by atoms with Gasteiger partial charge < -0.3 is 9.47 Å². The molecular weight excluding hydrogens is 502 g/mol. The van der Waals surface area contributed by atoms with Crippen LogP contribution in [0.3, 0.4) is 0 Å². The number of nitrogens with zero attached hydrogens (tertiary/aromatic N) is 2. The van der Waals surface area contributed by atoms with E-state index in [1.807, 2.05) is 32.0 Å². The molecule has 0 saturated heterocycles. The second-order valence-corrected chi connectivity index (χ2v) is 11.5. The number of anilines is 1. The standard InChI is InChI=1S/C29H35N3O5S/c1-21-12-15-25(16-13-21)38(34,35)32(24-14-17-26(36-5)27(18-24)37-6)20-28(33)31-30-22(2)19-29(3,4)23-10-8-7-9-11-23/h7-18H,19-20H2,1-6H3,(H,31,33)/b30-22+. The number of carbonyl (C=O) groups excluding carboxylic acids is 1. The number of hydrogen-bond acceptors (Lipinski definition) is 6. The Hall–Kier alpha value is -3.85. The van der Waals surface area contributed by atoms with Crippen molar-refractivity contribution in [3.8, 4) is 11.5 Å². The summed E-state index contributed by atoms with van der Waals surface area (Å²) in [6.07, 6.45) is 0.609. The third-order valence-corrected chi connectivity index (χ3v) is 7.96. The Bertz CT molecular complexity index is 1390. The van der Waals surface area contributed by atoms with E-state index < -0.39 is 22.5 Å². The van der Waals surface area contributed by atoms with Crippen LogP contribution < -0.4 is 19.2 Å². The van der Waals surface area contributed by atoms with Crippen molar-refractivity contribution in [3.05, 3.63) is 83.9 Å². The molecule has 0 radical (unpaired) electrons. The molecular formula is C29H35N3O5S. The van der Waals surface area contributed by atoms with Crippen molar-refractivity contribution in [3.63, 3.8) is 0 Å². The summed E-state index contributed by atoms with van der Waals surface area (Å²) >= 11 is 0. The summed E-state index contributed by atoms with van der Waals surface area (Å²) in [5.41, 5.74) is 5.38. The number of hydrazone groups is 1. The maximum Gasteiger partial charge on any atom is 0.264 e. The van der Waals surface area contributed by atoms with Gasteiger partial charge in [-0.25, -0.2) is 13.8 Å². The molecule has 1 amide bonds. The number of amides is 1. The zero-order valence-electron chi connectivity index (χ0n) is 22.7. The quantitative estimate of drug-likeness (QED) is 0.272. The molecule has 0 aliphatic rings. The Morgan fingerprint density at radius 3 is 2.18 bits per heavy atom. The minimum Gasteiger partial charge on any atom is -0.493 e. The van der Waals surface area contributed by atoms with E-state index in [1.54, 1.807) is 24.3 Å². The average molecular weight is 538 g/mol. The molecule has 0 unspecified atom stereocenters. The Kier molecular flexibility index (Phi) is 9.17. The summed E-state index contributed by atoms with van der Waals surface area (Å²) in [4.78, 5) is 13.1. The van der Waals surface area contributed by atoms with Crippen LogP contribution in [0.4, 0.5) is 5.69 Å². The number of aryl methyl sites for hydroxylation is 1. The fourth-order valence-corrected chi connectivity index (χ4v) is 5.54. The number of rotatable bonds is 11. The van der Waals surface area contributed by atoms with Gasteiger partial charge in [0.25, 0.3) is 15.9 Å². The van der Waals surface area contributed by atoms with Gasteiger partial charge in [-0.1, -0.05) is 61.9 Å². The Balaban J connectivity index is 1.86. The normalized spacial score (nSPS) is 12.1. The molecule has 0 aliphatic carbocycles. The predicted molar refractivity (Wildman–Crippen MR) is 151 cm³/mol. The van der Waals surface area contributed by atoms with Crippen LogP contribution in [0.15, 0.2) is 82.8 Å². The second kappa shape index (κ2) is 12.1. The van der Waals surface area contributed by atoms with Crippen molar-refractivity contribution in [1.82, 2.24) is 5.43 Å². The molecule has 0 heterocycles. The van der Waals surface area contributed by atoms with Gasteiger partial charge >= 0.3 is 0 Å². The van der Waals surface area contributed by atoms with E-state index in [2.05, 4.69) is 36.5 Å². The highest BCUT2D eigenvalue weighted by atomic mass is 32.2. The van der Waals surface area contributed by atoms with Crippen LogP contribution in [0.1, 0.15) is 38.3 Å². The maximum atomic E-state index is 13.7. The molecule has 3 aromatic carbocycles. The zero-order valence-corrected chi connectivity index (χ0v) is 23.5. The minimum absolute atomic E-state index is 0.0648. The van der Waals surface area contributed by atoms with E-state index in [4.69, 9.17) is 9.47 Å².